The second kappa shape index (κ2) is 64.1. The smallest absolute Gasteiger partial charge is 0.237 e. The first-order valence-corrected chi connectivity index (χ1v) is 36.6. The van der Waals surface area contributed by atoms with Crippen LogP contribution in [-0.2, 0) is 9.59 Å². The van der Waals surface area contributed by atoms with Gasteiger partial charge in [0.2, 0.25) is 11.8 Å². The highest BCUT2D eigenvalue weighted by Gasteiger charge is 2.25. The minimum absolute atomic E-state index is 0.125. The number of rotatable bonds is 69. The van der Waals surface area contributed by atoms with Crippen LogP contribution in [0.15, 0.2) is 24.3 Å². The molecule has 0 aliphatic rings. The standard InChI is InChI=1S/C71H147N11O2/c1-6-9-12-14-16-18-20-22-24-26-28-30-32-34-36-38-62-81(4,66-47-60-79-70(83)68(77-58-45-52-73)49-42-55-75-54-11-8-3)64-40-41-65-82(5,63-39-37-35-33-31-29-27-25-23-21-19-17-15-13-10-7-2)67-48-61-80-71(84)69(78-59-46-53-74)50-43-56-76-57-44-51-72/h22-25,68-69,75-78H,6-21,26-67,72-74H2,1-5H3/p+2/b24-22+,25-23+. The second-order valence-electron chi connectivity index (χ2n) is 26.0. The zero-order valence-corrected chi connectivity index (χ0v) is 56.9. The molecular weight excluding hydrogens is 1040 g/mol. The van der Waals surface area contributed by atoms with Gasteiger partial charge in [-0.15, -0.1) is 0 Å². The van der Waals surface area contributed by atoms with Crippen LogP contribution >= 0.6 is 0 Å². The Morgan fingerprint density at radius 1 is 0.321 bits per heavy atom. The van der Waals surface area contributed by atoms with Gasteiger partial charge >= 0.3 is 0 Å². The summed E-state index contributed by atoms with van der Waals surface area (Å²) in [6.07, 6.45) is 60.1. The van der Waals surface area contributed by atoms with E-state index in [1.54, 1.807) is 0 Å². The molecule has 2 amide bonds. The SMILES string of the molecule is CCCCCCCC/C=C/CCCCCCCC[N+](C)(CCCC[N+](C)(CCCCCCCC/C=C/CCCCCCCC)CCCNC(=O)C(CCCNCCCN)NCCCN)CCCNC(=O)C(CCCNCCCC)NCCCN. The molecule has 13 heteroatoms. The number of nitrogens with zero attached hydrogens (tertiary/aromatic N) is 2. The average Bonchev–Trinajstić information content (AvgIpc) is 3.64. The number of nitrogens with one attached hydrogen (secondary N) is 6. The molecule has 0 aromatic rings. The van der Waals surface area contributed by atoms with Crippen LogP contribution in [0.3, 0.4) is 0 Å². The lowest BCUT2D eigenvalue weighted by Gasteiger charge is -2.37. The Hall–Kier alpha value is -1.94. The van der Waals surface area contributed by atoms with Gasteiger partial charge in [0.15, 0.2) is 0 Å². The van der Waals surface area contributed by atoms with Crippen molar-refractivity contribution in [2.45, 2.75) is 296 Å². The first-order valence-electron chi connectivity index (χ1n) is 36.6. The molecule has 0 fully saturated rings. The highest BCUT2D eigenvalue weighted by atomic mass is 16.2. The van der Waals surface area contributed by atoms with Crippen LogP contribution < -0.4 is 49.1 Å². The van der Waals surface area contributed by atoms with E-state index < -0.39 is 0 Å². The van der Waals surface area contributed by atoms with Crippen molar-refractivity contribution in [3.05, 3.63) is 24.3 Å². The normalized spacial score (nSPS) is 14.1. The van der Waals surface area contributed by atoms with Crippen molar-refractivity contribution in [2.75, 3.05) is 125 Å². The van der Waals surface area contributed by atoms with Crippen molar-refractivity contribution in [1.29, 1.82) is 0 Å². The molecule has 0 saturated carbocycles. The highest BCUT2D eigenvalue weighted by Crippen LogP contribution is 2.18. The van der Waals surface area contributed by atoms with E-state index in [0.29, 0.717) is 26.2 Å². The molecule has 0 aromatic carbocycles. The molecule has 13 nitrogen and oxygen atoms in total. The van der Waals surface area contributed by atoms with Crippen LogP contribution in [0.5, 0.6) is 0 Å². The summed E-state index contributed by atoms with van der Waals surface area (Å²) in [7, 11) is 5.00. The molecule has 84 heavy (non-hydrogen) atoms. The van der Waals surface area contributed by atoms with Crippen molar-refractivity contribution in [2.24, 2.45) is 17.2 Å². The highest BCUT2D eigenvalue weighted by molar-refractivity contribution is 5.82. The van der Waals surface area contributed by atoms with Crippen LogP contribution in [0.25, 0.3) is 0 Å². The number of unbranched alkanes of at least 4 members (excludes halogenated alkanes) is 26. The molecule has 0 aliphatic heterocycles. The summed E-state index contributed by atoms with van der Waals surface area (Å²) in [5, 5.41) is 20.8. The number of hydrogen-bond donors (Lipinski definition) is 9. The van der Waals surface area contributed by atoms with Crippen molar-refractivity contribution in [1.82, 2.24) is 31.9 Å². The lowest BCUT2D eigenvalue weighted by atomic mass is 10.1. The third kappa shape index (κ3) is 55.4. The van der Waals surface area contributed by atoms with Gasteiger partial charge in [0.05, 0.1) is 65.4 Å². The molecule has 0 aliphatic carbocycles. The van der Waals surface area contributed by atoms with E-state index in [4.69, 9.17) is 17.2 Å². The third-order valence-corrected chi connectivity index (χ3v) is 17.5. The number of allylic oxidation sites excluding steroid dienone is 4. The molecule has 0 rings (SSSR count). The summed E-state index contributed by atoms with van der Waals surface area (Å²) >= 11 is 0. The summed E-state index contributed by atoms with van der Waals surface area (Å²) in [5.74, 6) is 0.266. The van der Waals surface area contributed by atoms with Crippen molar-refractivity contribution in [3.8, 4) is 0 Å². The maximum absolute atomic E-state index is 13.6. The molecule has 12 N–H and O–H groups in total. The van der Waals surface area contributed by atoms with Crippen LogP contribution in [0.1, 0.15) is 284 Å². The largest absolute Gasteiger partial charge is 0.355 e. The molecule has 0 radical (unpaired) electrons. The van der Waals surface area contributed by atoms with Gasteiger partial charge in [-0.25, -0.2) is 0 Å². The fourth-order valence-corrected chi connectivity index (χ4v) is 11.8. The first-order chi connectivity index (χ1) is 41.1. The van der Waals surface area contributed by atoms with E-state index in [2.05, 4.69) is 91.1 Å². The van der Waals surface area contributed by atoms with E-state index >= 15 is 0 Å². The molecule has 0 heterocycles. The Morgan fingerprint density at radius 3 is 0.940 bits per heavy atom. The number of hydrogen-bond acceptors (Lipinski definition) is 9. The van der Waals surface area contributed by atoms with Gasteiger partial charge in [0.1, 0.15) is 0 Å². The number of carbonyl (C=O) groups excluding carboxylic acids is 2. The molecule has 498 valence electrons. The van der Waals surface area contributed by atoms with Gasteiger partial charge in [0, 0.05) is 38.8 Å². The van der Waals surface area contributed by atoms with E-state index in [0.717, 1.165) is 126 Å². The molecular formula is C71H149N11O2+2. The van der Waals surface area contributed by atoms with E-state index in [9.17, 15) is 9.59 Å². The van der Waals surface area contributed by atoms with Gasteiger partial charge in [-0.1, -0.05) is 154 Å². The van der Waals surface area contributed by atoms with E-state index in [1.807, 2.05) is 0 Å². The van der Waals surface area contributed by atoms with Crippen molar-refractivity contribution < 1.29 is 18.6 Å². The molecule has 0 aromatic heterocycles. The summed E-state index contributed by atoms with van der Waals surface area (Å²) < 4.78 is 2.15. The van der Waals surface area contributed by atoms with Crippen LogP contribution in [0, 0.1) is 0 Å². The topological polar surface area (TPSA) is 184 Å². The molecule has 4 unspecified atom stereocenters. The minimum atomic E-state index is -0.191. The fraction of sp³-hybridized carbons (Fsp3) is 0.915. The number of nitrogens with two attached hydrogens (primary N) is 3. The predicted octanol–water partition coefficient (Wildman–Crippen LogP) is 13.2. The fourth-order valence-electron chi connectivity index (χ4n) is 11.8. The Balaban J connectivity index is 5.69. The van der Waals surface area contributed by atoms with Gasteiger partial charge < -0.3 is 58.1 Å². The predicted molar refractivity (Wildman–Crippen MR) is 369 cm³/mol. The quantitative estimate of drug-likeness (QED) is 0.0162. The van der Waals surface area contributed by atoms with Crippen molar-refractivity contribution in [3.63, 3.8) is 0 Å². The molecule has 0 saturated heterocycles. The Morgan fingerprint density at radius 2 is 0.595 bits per heavy atom. The maximum Gasteiger partial charge on any atom is 0.237 e. The van der Waals surface area contributed by atoms with Gasteiger partial charge in [-0.2, -0.15) is 0 Å². The summed E-state index contributed by atoms with van der Waals surface area (Å²) in [5.41, 5.74) is 17.4. The maximum atomic E-state index is 13.6. The van der Waals surface area contributed by atoms with E-state index in [-0.39, 0.29) is 23.9 Å². The number of amides is 2. The summed E-state index contributed by atoms with van der Waals surface area (Å²) in [6, 6.07) is -0.361. The Kier molecular flexibility index (Phi) is 62.6. The van der Waals surface area contributed by atoms with Crippen LogP contribution in [0.2, 0.25) is 0 Å². The average molecular weight is 1190 g/mol. The Bertz CT molecular complexity index is 1330. The zero-order valence-electron chi connectivity index (χ0n) is 56.9. The molecule has 4 atom stereocenters. The van der Waals surface area contributed by atoms with Gasteiger partial charge in [0.25, 0.3) is 0 Å². The third-order valence-electron chi connectivity index (χ3n) is 17.5. The number of quaternary nitrogens is 2. The molecule has 0 bridgehead atoms. The second-order valence-corrected chi connectivity index (χ2v) is 26.0. The van der Waals surface area contributed by atoms with Gasteiger partial charge in [-0.3, -0.25) is 9.59 Å². The minimum Gasteiger partial charge on any atom is -0.355 e. The summed E-state index contributed by atoms with van der Waals surface area (Å²) in [4.78, 5) is 27.2. The van der Waals surface area contributed by atoms with E-state index in [1.165, 1.54) is 232 Å². The lowest BCUT2D eigenvalue weighted by Crippen LogP contribution is -2.50. The van der Waals surface area contributed by atoms with Crippen molar-refractivity contribution >= 4 is 11.8 Å². The lowest BCUT2D eigenvalue weighted by molar-refractivity contribution is -0.916. The summed E-state index contributed by atoms with van der Waals surface area (Å²) in [6.45, 7) is 22.5. The Labute approximate surface area is 522 Å². The first kappa shape index (κ1) is 82.1. The van der Waals surface area contributed by atoms with Gasteiger partial charge in [-0.05, 0) is 187 Å². The zero-order chi connectivity index (χ0) is 61.4. The van der Waals surface area contributed by atoms with Crippen LogP contribution in [0.4, 0.5) is 0 Å². The number of carbonyl (C=O) groups is 2. The van der Waals surface area contributed by atoms with Crippen LogP contribution in [-0.4, -0.2) is 158 Å². The molecule has 0 spiro atoms. The monoisotopic (exact) mass is 1190 g/mol.